The number of nitrogens with zero attached hydrogens (tertiary/aromatic N) is 3. The molecule has 0 spiro atoms. The molecule has 1 fully saturated rings. The van der Waals surface area contributed by atoms with Crippen LogP contribution in [0.25, 0.3) is 0 Å². The smallest absolute Gasteiger partial charge is 0.341 e. The highest BCUT2D eigenvalue weighted by atomic mass is 35.5. The van der Waals surface area contributed by atoms with Crippen LogP contribution in [0.1, 0.15) is 50.0 Å². The molecule has 0 saturated carbocycles. The molecule has 0 N–H and O–H groups in total. The van der Waals surface area contributed by atoms with Gasteiger partial charge in [-0.2, -0.15) is 18.3 Å². The highest BCUT2D eigenvalue weighted by molar-refractivity contribution is 6.32. The van der Waals surface area contributed by atoms with E-state index < -0.39 is 22.9 Å². The number of halogens is 4. The molecule has 1 aliphatic heterocycles. The molecule has 1 aromatic heterocycles. The first-order valence-corrected chi connectivity index (χ1v) is 7.72. The molecule has 124 valence electrons. The van der Waals surface area contributed by atoms with Gasteiger partial charge in [-0.15, -0.1) is 0 Å². The van der Waals surface area contributed by atoms with Gasteiger partial charge in [0, 0.05) is 13.1 Å². The Hall–Kier alpha value is -1.24. The number of alkyl halides is 3. The molecule has 1 aliphatic rings. The third kappa shape index (κ3) is 3.39. The van der Waals surface area contributed by atoms with E-state index in [1.54, 1.807) is 11.8 Å². The Morgan fingerprint density at radius 2 is 1.77 bits per heavy atom. The second-order valence-corrected chi connectivity index (χ2v) is 5.98. The quantitative estimate of drug-likeness (QED) is 0.822. The second kappa shape index (κ2) is 6.48. The second-order valence-electron chi connectivity index (χ2n) is 5.61. The van der Waals surface area contributed by atoms with Gasteiger partial charge in [0.15, 0.2) is 5.69 Å². The summed E-state index contributed by atoms with van der Waals surface area (Å²) in [5.74, 6) is -0.210. The van der Waals surface area contributed by atoms with E-state index in [4.69, 9.17) is 11.6 Å². The Morgan fingerprint density at radius 3 is 2.23 bits per heavy atom. The number of hydrogen-bond donors (Lipinski definition) is 0. The molecule has 22 heavy (non-hydrogen) atoms. The van der Waals surface area contributed by atoms with E-state index >= 15 is 0 Å². The number of carbonyl (C=O) groups excluding carboxylic acids is 1. The van der Waals surface area contributed by atoms with E-state index in [-0.39, 0.29) is 11.6 Å². The number of hydrogen-bond acceptors (Lipinski definition) is 2. The molecule has 1 atom stereocenters. The first kappa shape index (κ1) is 17.1. The summed E-state index contributed by atoms with van der Waals surface area (Å²) in [5.41, 5.74) is -0.980. The number of carbonyl (C=O) groups is 1. The summed E-state index contributed by atoms with van der Waals surface area (Å²) in [6, 6.07) is -0.799. The average molecular weight is 338 g/mol. The minimum atomic E-state index is -4.63. The van der Waals surface area contributed by atoms with Crippen molar-refractivity contribution in [3.63, 3.8) is 0 Å². The Labute approximate surface area is 132 Å². The third-order valence-corrected chi connectivity index (χ3v) is 4.44. The van der Waals surface area contributed by atoms with E-state index in [2.05, 4.69) is 5.10 Å². The van der Waals surface area contributed by atoms with Crippen molar-refractivity contribution in [2.75, 3.05) is 13.1 Å². The lowest BCUT2D eigenvalue weighted by Gasteiger charge is -2.24. The van der Waals surface area contributed by atoms with Gasteiger partial charge in [-0.3, -0.25) is 9.48 Å². The first-order valence-electron chi connectivity index (χ1n) is 7.34. The molecule has 1 aromatic rings. The summed E-state index contributed by atoms with van der Waals surface area (Å²) in [6.07, 6.45) is -0.638. The van der Waals surface area contributed by atoms with Gasteiger partial charge >= 0.3 is 6.18 Å². The van der Waals surface area contributed by atoms with Crippen LogP contribution in [0, 0.1) is 6.92 Å². The topological polar surface area (TPSA) is 38.1 Å². The fourth-order valence-electron chi connectivity index (χ4n) is 2.72. The number of aromatic nitrogens is 2. The summed E-state index contributed by atoms with van der Waals surface area (Å²) >= 11 is 5.73. The van der Waals surface area contributed by atoms with Crippen molar-refractivity contribution in [3.8, 4) is 0 Å². The Kier molecular flexibility index (Phi) is 5.04. The zero-order chi connectivity index (χ0) is 16.5. The van der Waals surface area contributed by atoms with Crippen LogP contribution in [-0.2, 0) is 11.0 Å². The molecule has 4 nitrogen and oxygen atoms in total. The zero-order valence-electron chi connectivity index (χ0n) is 12.6. The van der Waals surface area contributed by atoms with Gasteiger partial charge in [0.25, 0.3) is 0 Å². The van der Waals surface area contributed by atoms with Crippen LogP contribution >= 0.6 is 11.6 Å². The number of likely N-dealkylation sites (tertiary alicyclic amines) is 1. The summed E-state index contributed by atoms with van der Waals surface area (Å²) in [6.45, 7) is 4.28. The Morgan fingerprint density at radius 1 is 1.23 bits per heavy atom. The molecule has 2 heterocycles. The normalized spacial score (nSPS) is 18.2. The summed E-state index contributed by atoms with van der Waals surface area (Å²) in [7, 11) is 0. The van der Waals surface area contributed by atoms with E-state index in [1.807, 2.05) is 0 Å². The largest absolute Gasteiger partial charge is 0.436 e. The van der Waals surface area contributed by atoms with Crippen LogP contribution in [0.4, 0.5) is 13.2 Å². The fourth-order valence-corrected chi connectivity index (χ4v) is 2.95. The van der Waals surface area contributed by atoms with Crippen molar-refractivity contribution in [3.05, 3.63) is 16.4 Å². The molecule has 2 rings (SSSR count). The Bertz CT molecular complexity index is 548. The van der Waals surface area contributed by atoms with E-state index in [1.165, 1.54) is 6.92 Å². The van der Waals surface area contributed by atoms with Gasteiger partial charge in [0.05, 0.1) is 10.7 Å². The van der Waals surface area contributed by atoms with Crippen LogP contribution in [0.15, 0.2) is 0 Å². The molecule has 1 amide bonds. The first-order chi connectivity index (χ1) is 10.2. The lowest BCUT2D eigenvalue weighted by Crippen LogP contribution is -2.37. The minimum Gasteiger partial charge on any atom is -0.341 e. The van der Waals surface area contributed by atoms with E-state index in [0.717, 1.165) is 30.4 Å². The summed E-state index contributed by atoms with van der Waals surface area (Å²) < 4.78 is 39.7. The van der Waals surface area contributed by atoms with Gasteiger partial charge in [0.1, 0.15) is 6.04 Å². The SMILES string of the molecule is Cc1c(Cl)c(C(F)(F)F)nn1C(C)C(=O)N1CCCCCC1. The maximum absolute atomic E-state index is 12.9. The number of rotatable bonds is 2. The Balaban J connectivity index is 2.25. The molecule has 1 unspecified atom stereocenters. The van der Waals surface area contributed by atoms with Gasteiger partial charge < -0.3 is 4.90 Å². The molecule has 0 radical (unpaired) electrons. The molecular formula is C14H19ClF3N3O. The van der Waals surface area contributed by atoms with E-state index in [9.17, 15) is 18.0 Å². The van der Waals surface area contributed by atoms with Crippen LogP contribution in [0.5, 0.6) is 0 Å². The van der Waals surface area contributed by atoms with Crippen molar-refractivity contribution >= 4 is 17.5 Å². The fraction of sp³-hybridized carbons (Fsp3) is 0.714. The maximum atomic E-state index is 12.9. The summed E-state index contributed by atoms with van der Waals surface area (Å²) in [5, 5.41) is 3.09. The van der Waals surface area contributed by atoms with Crippen molar-refractivity contribution < 1.29 is 18.0 Å². The number of amides is 1. The van der Waals surface area contributed by atoms with Crippen LogP contribution in [0.2, 0.25) is 5.02 Å². The molecule has 0 aliphatic carbocycles. The predicted octanol–water partition coefficient (Wildman–Crippen LogP) is 3.83. The van der Waals surface area contributed by atoms with Gasteiger partial charge in [0.2, 0.25) is 5.91 Å². The van der Waals surface area contributed by atoms with E-state index in [0.29, 0.717) is 13.1 Å². The van der Waals surface area contributed by atoms with Crippen molar-refractivity contribution in [2.45, 2.75) is 51.7 Å². The van der Waals surface area contributed by atoms with Gasteiger partial charge in [-0.05, 0) is 26.7 Å². The van der Waals surface area contributed by atoms with Crippen LogP contribution < -0.4 is 0 Å². The lowest BCUT2D eigenvalue weighted by molar-refractivity contribution is -0.142. The molecule has 8 heteroatoms. The van der Waals surface area contributed by atoms with Gasteiger partial charge in [-0.25, -0.2) is 0 Å². The van der Waals surface area contributed by atoms with Crippen molar-refractivity contribution in [1.82, 2.24) is 14.7 Å². The maximum Gasteiger partial charge on any atom is 0.436 e. The molecular weight excluding hydrogens is 319 g/mol. The predicted molar refractivity (Wildman–Crippen MR) is 76.7 cm³/mol. The summed E-state index contributed by atoms with van der Waals surface area (Å²) in [4.78, 5) is 14.2. The van der Waals surface area contributed by atoms with Crippen LogP contribution in [-0.4, -0.2) is 33.7 Å². The zero-order valence-corrected chi connectivity index (χ0v) is 13.3. The average Bonchev–Trinajstić information content (AvgIpc) is 2.66. The monoisotopic (exact) mass is 337 g/mol. The standard InChI is InChI=1S/C14H19ClF3N3O/c1-9-11(15)12(14(16,17)18)19-21(9)10(2)13(22)20-7-5-3-4-6-8-20/h10H,3-8H2,1-2H3. The third-order valence-electron chi connectivity index (χ3n) is 3.99. The van der Waals surface area contributed by atoms with Crippen molar-refractivity contribution in [1.29, 1.82) is 0 Å². The highest BCUT2D eigenvalue weighted by Crippen LogP contribution is 2.36. The lowest BCUT2D eigenvalue weighted by atomic mass is 10.2. The highest BCUT2D eigenvalue weighted by Gasteiger charge is 2.39. The molecule has 1 saturated heterocycles. The van der Waals surface area contributed by atoms with Crippen molar-refractivity contribution in [2.24, 2.45) is 0 Å². The molecule has 0 aromatic carbocycles. The molecule has 0 bridgehead atoms. The van der Waals surface area contributed by atoms with Gasteiger partial charge in [-0.1, -0.05) is 24.4 Å². The van der Waals surface area contributed by atoms with Crippen LogP contribution in [0.3, 0.4) is 0 Å². The minimum absolute atomic E-state index is 0.157.